The van der Waals surface area contributed by atoms with Gasteiger partial charge in [-0.2, -0.15) is 10.2 Å². The summed E-state index contributed by atoms with van der Waals surface area (Å²) in [6.45, 7) is 8.51. The first-order valence-electron chi connectivity index (χ1n) is 13.5. The Morgan fingerprint density at radius 1 is 0.714 bits per heavy atom. The fourth-order valence-corrected chi connectivity index (χ4v) is 4.13. The van der Waals surface area contributed by atoms with Gasteiger partial charge in [0.1, 0.15) is 0 Å². The van der Waals surface area contributed by atoms with Gasteiger partial charge in [-0.05, 0) is 81.1 Å². The van der Waals surface area contributed by atoms with Gasteiger partial charge < -0.3 is 9.13 Å². The van der Waals surface area contributed by atoms with Crippen LogP contribution in [-0.4, -0.2) is 48.6 Å². The van der Waals surface area contributed by atoms with E-state index in [1.54, 1.807) is 34.2 Å². The zero-order chi connectivity index (χ0) is 30.2. The van der Waals surface area contributed by atoms with E-state index in [-0.39, 0.29) is 0 Å². The topological polar surface area (TPSA) is 97.1 Å². The van der Waals surface area contributed by atoms with Crippen LogP contribution in [0.2, 0.25) is 0 Å². The van der Waals surface area contributed by atoms with Crippen molar-refractivity contribution >= 4 is 9.64 Å². The van der Waals surface area contributed by atoms with Crippen LogP contribution in [0.1, 0.15) is 49.9 Å². The van der Waals surface area contributed by atoms with E-state index in [0.29, 0.717) is 12.1 Å². The molecule has 0 radical (unpaired) electrons. The molecule has 6 rings (SSSR count). The number of pyridine rings is 2. The number of halogens is 1. The van der Waals surface area contributed by atoms with Crippen molar-refractivity contribution in [2.24, 2.45) is 0 Å². The summed E-state index contributed by atoms with van der Waals surface area (Å²) < 4.78 is 7.83. The molecule has 0 aliphatic rings. The standard InChI is InChI=1S/C12H18N4.2C9H9N3.ClH.Os/c1-3-12(16-7-5-14-10-16)8-11(2)15-6-4-13-9-15;2*1-8-3-5-10-9(7-8)12-6-2-4-11-12;;/h4-7,9-12H,3,8H2,1-2H3;2*2-7H,1H3;1H;/q;;;;+1/p-1. The van der Waals surface area contributed by atoms with Crippen molar-refractivity contribution in [1.29, 1.82) is 0 Å². The monoisotopic (exact) mass is 763 g/mol. The van der Waals surface area contributed by atoms with E-state index in [2.05, 4.69) is 62.8 Å². The summed E-state index contributed by atoms with van der Waals surface area (Å²) in [7, 11) is 4.67. The Bertz CT molecular complexity index is 1430. The Labute approximate surface area is 261 Å². The zero-order valence-electron chi connectivity index (χ0n) is 24.2. The van der Waals surface area contributed by atoms with Crippen molar-refractivity contribution in [3.8, 4) is 11.6 Å². The van der Waals surface area contributed by atoms with Gasteiger partial charge in [0.15, 0.2) is 11.6 Å². The molecule has 10 nitrogen and oxygen atoms in total. The first-order valence-corrected chi connectivity index (χ1v) is 16.6. The van der Waals surface area contributed by atoms with E-state index < -0.39 is 0 Å². The van der Waals surface area contributed by atoms with Crippen LogP contribution in [0.25, 0.3) is 11.6 Å². The first-order chi connectivity index (χ1) is 20.5. The van der Waals surface area contributed by atoms with Crippen LogP contribution in [0.4, 0.5) is 0 Å². The summed E-state index contributed by atoms with van der Waals surface area (Å²) in [5.74, 6) is 1.72. The van der Waals surface area contributed by atoms with Gasteiger partial charge in [-0.25, -0.2) is 29.3 Å². The average molecular weight is 762 g/mol. The maximum atomic E-state index is 4.67. The fraction of sp³-hybridized carbons (Fsp3) is 0.267. The molecule has 2 unspecified atom stereocenters. The van der Waals surface area contributed by atoms with Gasteiger partial charge in [0.05, 0.1) is 12.7 Å². The number of nitrogens with zero attached hydrogens (tertiary/aromatic N) is 10. The van der Waals surface area contributed by atoms with Gasteiger partial charge in [0.2, 0.25) is 0 Å². The van der Waals surface area contributed by atoms with Gasteiger partial charge in [-0.3, -0.25) is 0 Å². The molecule has 0 aliphatic heterocycles. The van der Waals surface area contributed by atoms with Gasteiger partial charge in [0.25, 0.3) is 0 Å². The minimum absolute atomic E-state index is 0.467. The molecule has 6 heterocycles. The molecule has 0 aromatic carbocycles. The molecular weight excluding hydrogens is 726 g/mol. The second kappa shape index (κ2) is 17.8. The van der Waals surface area contributed by atoms with Gasteiger partial charge in [-0.1, -0.05) is 6.92 Å². The average Bonchev–Trinajstić information content (AvgIpc) is 3.86. The van der Waals surface area contributed by atoms with E-state index in [9.17, 15) is 0 Å². The Balaban J connectivity index is 0.000000170. The van der Waals surface area contributed by atoms with E-state index in [1.807, 2.05) is 100 Å². The molecule has 0 fully saturated rings. The number of rotatable bonds is 7. The number of hydrogen-bond donors (Lipinski definition) is 0. The molecule has 6 aromatic heterocycles. The van der Waals surface area contributed by atoms with Crippen LogP contribution in [0.5, 0.6) is 0 Å². The van der Waals surface area contributed by atoms with Gasteiger partial charge >= 0.3 is 27.2 Å². The van der Waals surface area contributed by atoms with Crippen LogP contribution in [-0.2, 0) is 17.6 Å². The Kier molecular flexibility index (Phi) is 13.8. The molecule has 6 aromatic rings. The Morgan fingerprint density at radius 3 is 1.60 bits per heavy atom. The van der Waals surface area contributed by atoms with Crippen LogP contribution >= 0.6 is 9.64 Å². The summed E-state index contributed by atoms with van der Waals surface area (Å²) in [5, 5.41) is 8.16. The van der Waals surface area contributed by atoms with Crippen molar-refractivity contribution < 1.29 is 17.6 Å². The zero-order valence-corrected chi connectivity index (χ0v) is 27.5. The van der Waals surface area contributed by atoms with E-state index >= 15 is 0 Å². The Morgan fingerprint density at radius 2 is 1.21 bits per heavy atom. The van der Waals surface area contributed by atoms with Gasteiger partial charge in [0, 0.05) is 74.1 Å². The molecule has 42 heavy (non-hydrogen) atoms. The summed E-state index contributed by atoms with van der Waals surface area (Å²) >= 11 is 1.33. The summed E-state index contributed by atoms with van der Waals surface area (Å²) in [6.07, 6.45) is 24.5. The molecule has 0 aliphatic carbocycles. The normalized spacial score (nSPS) is 11.6. The molecule has 0 amide bonds. The van der Waals surface area contributed by atoms with E-state index in [0.717, 1.165) is 24.5 Å². The summed E-state index contributed by atoms with van der Waals surface area (Å²) in [5.41, 5.74) is 2.38. The molecule has 0 saturated carbocycles. The van der Waals surface area contributed by atoms with Crippen molar-refractivity contribution in [2.75, 3.05) is 0 Å². The number of aryl methyl sites for hydroxylation is 2. The van der Waals surface area contributed by atoms with E-state index in [4.69, 9.17) is 0 Å². The second-order valence-electron chi connectivity index (χ2n) is 9.45. The molecule has 2 atom stereocenters. The number of aromatic nitrogens is 10. The minimum atomic E-state index is 0.467. The molecule has 0 spiro atoms. The molecule has 221 valence electrons. The molecule has 0 bridgehead atoms. The third kappa shape index (κ3) is 10.2. The third-order valence-corrected chi connectivity index (χ3v) is 6.35. The van der Waals surface area contributed by atoms with Crippen LogP contribution in [0.3, 0.4) is 0 Å². The SMILES string of the molecule is CCC(CC(C)n1ccnc1)n1ccnc1.Cc1ccnc(-n2cccn2)c1.Cc1ccnc(-n2cccn2)c1.[Cl][Os]. The second-order valence-corrected chi connectivity index (χ2v) is 9.45. The van der Waals surface area contributed by atoms with Crippen molar-refractivity contribution in [1.82, 2.24) is 48.6 Å². The number of hydrogen-bond acceptors (Lipinski definition) is 6. The predicted molar refractivity (Wildman–Crippen MR) is 161 cm³/mol. The Hall–Kier alpha value is -3.93. The summed E-state index contributed by atoms with van der Waals surface area (Å²) in [6, 6.07) is 12.7. The third-order valence-electron chi connectivity index (χ3n) is 6.35. The summed E-state index contributed by atoms with van der Waals surface area (Å²) in [4.78, 5) is 16.6. The molecular formula is C30H36ClN10Os. The number of imidazole rings is 2. The predicted octanol–water partition coefficient (Wildman–Crippen LogP) is 6.52. The quantitative estimate of drug-likeness (QED) is 0.184. The van der Waals surface area contributed by atoms with Crippen molar-refractivity contribution in [2.45, 2.75) is 52.6 Å². The van der Waals surface area contributed by atoms with Crippen molar-refractivity contribution in [3.05, 3.63) is 122 Å². The van der Waals surface area contributed by atoms with E-state index in [1.165, 1.54) is 28.7 Å². The van der Waals surface area contributed by atoms with Crippen molar-refractivity contribution in [3.63, 3.8) is 0 Å². The van der Waals surface area contributed by atoms with Crippen LogP contribution < -0.4 is 0 Å². The van der Waals surface area contributed by atoms with Crippen LogP contribution in [0, 0.1) is 13.8 Å². The van der Waals surface area contributed by atoms with Crippen LogP contribution in [0.15, 0.2) is 111 Å². The molecule has 12 heteroatoms. The first kappa shape index (κ1) is 32.6. The van der Waals surface area contributed by atoms with Gasteiger partial charge in [-0.15, -0.1) is 0 Å². The maximum absolute atomic E-state index is 4.67. The fourth-order valence-electron chi connectivity index (χ4n) is 4.13. The molecule has 0 saturated heterocycles. The molecule has 0 N–H and O–H groups in total.